The maximum absolute atomic E-state index is 11.0. The molecule has 0 spiro atoms. The Balaban J connectivity index is 2.32. The lowest BCUT2D eigenvalue weighted by atomic mass is 10.0. The molecule has 0 saturated heterocycles. The van der Waals surface area contributed by atoms with Gasteiger partial charge in [0.2, 0.25) is 5.91 Å². The standard InChI is InChI=1S/C10H10NO/c12-10-6-5-8-3-1-2-4-9(8)7-11-10/h1-4,6H,5,7H2,(H,11,12). The molecule has 0 aliphatic carbocycles. The van der Waals surface area contributed by atoms with Gasteiger partial charge in [0, 0.05) is 6.54 Å². The molecule has 1 aromatic rings. The van der Waals surface area contributed by atoms with E-state index < -0.39 is 0 Å². The Morgan fingerprint density at radius 1 is 1.17 bits per heavy atom. The first-order valence-electron chi connectivity index (χ1n) is 4.04. The van der Waals surface area contributed by atoms with Crippen molar-refractivity contribution < 1.29 is 4.79 Å². The minimum atomic E-state index is 0.0335. The third kappa shape index (κ3) is 1.33. The molecular weight excluding hydrogens is 150 g/mol. The lowest BCUT2D eigenvalue weighted by Crippen LogP contribution is -2.20. The largest absolute Gasteiger partial charge is 0.352 e. The second-order valence-electron chi connectivity index (χ2n) is 2.89. The van der Waals surface area contributed by atoms with Crippen LogP contribution in [0.1, 0.15) is 11.1 Å². The molecule has 12 heavy (non-hydrogen) atoms. The van der Waals surface area contributed by atoms with Crippen LogP contribution in [0.2, 0.25) is 0 Å². The van der Waals surface area contributed by atoms with Gasteiger partial charge < -0.3 is 5.32 Å². The Hall–Kier alpha value is -1.31. The second kappa shape index (κ2) is 2.97. The van der Waals surface area contributed by atoms with E-state index in [2.05, 4.69) is 17.4 Å². The van der Waals surface area contributed by atoms with Gasteiger partial charge in [-0.1, -0.05) is 24.3 Å². The van der Waals surface area contributed by atoms with Gasteiger partial charge in [-0.2, -0.15) is 0 Å². The minimum absolute atomic E-state index is 0.0335. The van der Waals surface area contributed by atoms with Gasteiger partial charge >= 0.3 is 0 Å². The van der Waals surface area contributed by atoms with Gasteiger partial charge in [-0.05, 0) is 17.5 Å². The van der Waals surface area contributed by atoms with E-state index in [-0.39, 0.29) is 5.91 Å². The molecule has 1 aromatic carbocycles. The normalized spacial score (nSPS) is 16.2. The molecule has 1 aliphatic rings. The van der Waals surface area contributed by atoms with Crippen molar-refractivity contribution in [2.45, 2.75) is 13.0 Å². The fourth-order valence-electron chi connectivity index (χ4n) is 1.39. The quantitative estimate of drug-likeness (QED) is 0.604. The highest BCUT2D eigenvalue weighted by atomic mass is 16.1. The van der Waals surface area contributed by atoms with Crippen LogP contribution >= 0.6 is 0 Å². The van der Waals surface area contributed by atoms with Crippen LogP contribution in [-0.4, -0.2) is 5.91 Å². The van der Waals surface area contributed by atoms with Gasteiger partial charge in [-0.3, -0.25) is 4.79 Å². The summed E-state index contributed by atoms with van der Waals surface area (Å²) in [5, 5.41) is 2.81. The summed E-state index contributed by atoms with van der Waals surface area (Å²) in [4.78, 5) is 11.0. The topological polar surface area (TPSA) is 29.1 Å². The number of fused-ring (bicyclic) bond motifs is 1. The number of hydrogen-bond donors (Lipinski definition) is 1. The Kier molecular flexibility index (Phi) is 1.82. The van der Waals surface area contributed by atoms with Crippen molar-refractivity contribution in [3.05, 3.63) is 41.8 Å². The average molecular weight is 160 g/mol. The number of carbonyl (C=O) groups excluding carboxylic acids is 1. The van der Waals surface area contributed by atoms with E-state index >= 15 is 0 Å². The van der Waals surface area contributed by atoms with E-state index in [1.165, 1.54) is 11.1 Å². The summed E-state index contributed by atoms with van der Waals surface area (Å²) < 4.78 is 0. The summed E-state index contributed by atoms with van der Waals surface area (Å²) >= 11 is 0. The Labute approximate surface area is 71.6 Å². The number of hydrogen-bond acceptors (Lipinski definition) is 1. The molecule has 0 bridgehead atoms. The summed E-state index contributed by atoms with van der Waals surface area (Å²) in [6.07, 6.45) is 2.44. The summed E-state index contributed by atoms with van der Waals surface area (Å²) in [5.41, 5.74) is 2.47. The van der Waals surface area contributed by atoms with Crippen LogP contribution < -0.4 is 5.32 Å². The van der Waals surface area contributed by atoms with E-state index in [1.807, 2.05) is 12.1 Å². The zero-order valence-electron chi connectivity index (χ0n) is 6.71. The zero-order valence-corrected chi connectivity index (χ0v) is 6.71. The molecule has 0 aromatic heterocycles. The predicted molar refractivity (Wildman–Crippen MR) is 46.3 cm³/mol. The lowest BCUT2D eigenvalue weighted by Gasteiger charge is -2.02. The lowest BCUT2D eigenvalue weighted by molar-refractivity contribution is -0.117. The van der Waals surface area contributed by atoms with Gasteiger partial charge in [-0.15, -0.1) is 0 Å². The monoisotopic (exact) mass is 160 g/mol. The zero-order chi connectivity index (χ0) is 8.39. The number of nitrogens with one attached hydrogen (secondary N) is 1. The first-order chi connectivity index (χ1) is 5.86. The van der Waals surface area contributed by atoms with E-state index in [1.54, 1.807) is 6.42 Å². The molecule has 1 heterocycles. The summed E-state index contributed by atoms with van der Waals surface area (Å²) in [6, 6.07) is 8.11. The van der Waals surface area contributed by atoms with Crippen LogP contribution in [0.25, 0.3) is 0 Å². The van der Waals surface area contributed by atoms with E-state index in [9.17, 15) is 4.79 Å². The molecule has 2 heteroatoms. The number of carbonyl (C=O) groups is 1. The SMILES string of the molecule is O=C1[CH]Cc2ccccc2CN1. The molecule has 1 N–H and O–H groups in total. The van der Waals surface area contributed by atoms with Crippen LogP contribution in [0.4, 0.5) is 0 Å². The highest BCUT2D eigenvalue weighted by Crippen LogP contribution is 2.12. The highest BCUT2D eigenvalue weighted by molar-refractivity contribution is 5.85. The van der Waals surface area contributed by atoms with Gasteiger partial charge in [0.1, 0.15) is 0 Å². The highest BCUT2D eigenvalue weighted by Gasteiger charge is 2.10. The first-order valence-corrected chi connectivity index (χ1v) is 4.04. The van der Waals surface area contributed by atoms with Crippen molar-refractivity contribution in [2.75, 3.05) is 0 Å². The molecular formula is C10H10NO. The smallest absolute Gasteiger partial charge is 0.224 e. The average Bonchev–Trinajstić information content (AvgIpc) is 2.29. The van der Waals surface area contributed by atoms with Crippen LogP contribution in [0.15, 0.2) is 24.3 Å². The molecule has 1 aliphatic heterocycles. The fourth-order valence-corrected chi connectivity index (χ4v) is 1.39. The van der Waals surface area contributed by atoms with Crippen LogP contribution in [0.3, 0.4) is 0 Å². The third-order valence-corrected chi connectivity index (χ3v) is 2.08. The molecule has 2 nitrogen and oxygen atoms in total. The van der Waals surface area contributed by atoms with Crippen molar-refractivity contribution in [3.63, 3.8) is 0 Å². The van der Waals surface area contributed by atoms with Gasteiger partial charge in [-0.25, -0.2) is 0 Å². The van der Waals surface area contributed by atoms with Gasteiger partial charge in [0.15, 0.2) is 0 Å². The Bertz CT molecular complexity index is 277. The maximum atomic E-state index is 11.0. The molecule has 0 unspecified atom stereocenters. The summed E-state index contributed by atoms with van der Waals surface area (Å²) in [6.45, 7) is 0.658. The maximum Gasteiger partial charge on any atom is 0.224 e. The van der Waals surface area contributed by atoms with Crippen molar-refractivity contribution in [1.29, 1.82) is 0 Å². The molecule has 1 radical (unpaired) electrons. The van der Waals surface area contributed by atoms with Crippen LogP contribution in [0, 0.1) is 6.42 Å². The van der Waals surface area contributed by atoms with Gasteiger partial charge in [0.05, 0.1) is 6.42 Å². The predicted octanol–water partition coefficient (Wildman–Crippen LogP) is 1.06. The number of benzene rings is 1. The van der Waals surface area contributed by atoms with Crippen molar-refractivity contribution >= 4 is 5.91 Å². The second-order valence-corrected chi connectivity index (χ2v) is 2.89. The van der Waals surface area contributed by atoms with Crippen LogP contribution in [0.5, 0.6) is 0 Å². The molecule has 0 fully saturated rings. The van der Waals surface area contributed by atoms with Crippen molar-refractivity contribution in [1.82, 2.24) is 5.32 Å². The fraction of sp³-hybridized carbons (Fsp3) is 0.200. The first kappa shape index (κ1) is 7.35. The minimum Gasteiger partial charge on any atom is -0.352 e. The third-order valence-electron chi connectivity index (χ3n) is 2.08. The van der Waals surface area contributed by atoms with E-state index in [4.69, 9.17) is 0 Å². The molecule has 61 valence electrons. The Morgan fingerprint density at radius 2 is 1.92 bits per heavy atom. The van der Waals surface area contributed by atoms with E-state index in [0.717, 1.165) is 6.42 Å². The van der Waals surface area contributed by atoms with Crippen molar-refractivity contribution in [2.24, 2.45) is 0 Å². The Morgan fingerprint density at radius 3 is 2.75 bits per heavy atom. The van der Waals surface area contributed by atoms with Gasteiger partial charge in [0.25, 0.3) is 0 Å². The molecule has 0 atom stereocenters. The summed E-state index contributed by atoms with van der Waals surface area (Å²) in [7, 11) is 0. The molecule has 1 amide bonds. The van der Waals surface area contributed by atoms with Crippen LogP contribution in [-0.2, 0) is 17.8 Å². The number of rotatable bonds is 0. The number of amides is 1. The molecule has 2 rings (SSSR count). The molecule has 0 saturated carbocycles. The summed E-state index contributed by atoms with van der Waals surface area (Å²) in [5.74, 6) is 0.0335. The van der Waals surface area contributed by atoms with Crippen molar-refractivity contribution in [3.8, 4) is 0 Å². The van der Waals surface area contributed by atoms with E-state index in [0.29, 0.717) is 6.54 Å².